The molecule has 2 aromatic carbocycles. The lowest BCUT2D eigenvalue weighted by Crippen LogP contribution is -2.24. The van der Waals surface area contributed by atoms with Crippen molar-refractivity contribution in [2.45, 2.75) is 18.5 Å². The Bertz CT molecular complexity index is 960. The lowest BCUT2D eigenvalue weighted by atomic mass is 10.2. The van der Waals surface area contributed by atoms with Crippen LogP contribution in [-0.2, 0) is 11.3 Å². The third-order valence-corrected chi connectivity index (χ3v) is 5.09. The summed E-state index contributed by atoms with van der Waals surface area (Å²) in [7, 11) is 3.26. The van der Waals surface area contributed by atoms with E-state index in [9.17, 15) is 4.79 Å². The van der Waals surface area contributed by atoms with Crippen LogP contribution in [0.15, 0.2) is 59.6 Å². The number of aryl methyl sites for hydroxylation is 1. The number of methoxy groups -OCH3 is 2. The molecule has 0 saturated heterocycles. The lowest BCUT2D eigenvalue weighted by molar-refractivity contribution is -0.118. The molecule has 0 bridgehead atoms. The average molecular weight is 410 g/mol. The minimum atomic E-state index is -0.0481. The highest BCUT2D eigenvalue weighted by atomic mass is 32.2. The number of carbonyl (C=O) groups excluding carboxylic acids is 1. The van der Waals surface area contributed by atoms with Gasteiger partial charge in [0.15, 0.2) is 5.82 Å². The molecular weight excluding hydrogens is 386 g/mol. The van der Waals surface area contributed by atoms with Crippen LogP contribution in [0.1, 0.15) is 11.3 Å². The normalized spacial score (nSPS) is 10.4. The highest BCUT2D eigenvalue weighted by Crippen LogP contribution is 2.23. The topological polar surface area (TPSA) is 73.3 Å². The number of amides is 1. The second-order valence-electron chi connectivity index (χ2n) is 6.31. The SMILES string of the molecule is COc1ccc(CNC(=O)CSc2cc(C)nc(-c3ccc(OC)cc3)n2)cc1. The van der Waals surface area contributed by atoms with Crippen molar-refractivity contribution in [1.82, 2.24) is 15.3 Å². The highest BCUT2D eigenvalue weighted by molar-refractivity contribution is 7.99. The van der Waals surface area contributed by atoms with E-state index >= 15 is 0 Å². The first-order valence-electron chi connectivity index (χ1n) is 9.10. The van der Waals surface area contributed by atoms with E-state index in [4.69, 9.17) is 9.47 Å². The van der Waals surface area contributed by atoms with E-state index in [0.717, 1.165) is 33.3 Å². The molecular formula is C22H23N3O3S. The smallest absolute Gasteiger partial charge is 0.230 e. The van der Waals surface area contributed by atoms with Crippen LogP contribution in [0, 0.1) is 6.92 Å². The number of carbonyl (C=O) groups is 1. The van der Waals surface area contributed by atoms with Gasteiger partial charge in [-0.2, -0.15) is 0 Å². The molecule has 1 heterocycles. The summed E-state index contributed by atoms with van der Waals surface area (Å²) in [5.74, 6) is 2.45. The summed E-state index contributed by atoms with van der Waals surface area (Å²) < 4.78 is 10.3. The molecule has 7 heteroatoms. The summed E-state index contributed by atoms with van der Waals surface area (Å²) in [6.45, 7) is 2.39. The Morgan fingerprint density at radius 1 is 0.966 bits per heavy atom. The zero-order valence-electron chi connectivity index (χ0n) is 16.6. The lowest BCUT2D eigenvalue weighted by Gasteiger charge is -2.08. The van der Waals surface area contributed by atoms with Crippen LogP contribution in [0.3, 0.4) is 0 Å². The van der Waals surface area contributed by atoms with Gasteiger partial charge in [-0.1, -0.05) is 23.9 Å². The molecule has 1 amide bonds. The Hall–Kier alpha value is -3.06. The minimum absolute atomic E-state index is 0.0481. The zero-order valence-corrected chi connectivity index (χ0v) is 17.5. The number of thioether (sulfide) groups is 1. The van der Waals surface area contributed by atoms with E-state index in [1.165, 1.54) is 11.8 Å². The van der Waals surface area contributed by atoms with E-state index in [-0.39, 0.29) is 11.7 Å². The highest BCUT2D eigenvalue weighted by Gasteiger charge is 2.09. The standard InChI is InChI=1S/C22H23N3O3S/c1-15-12-21(25-22(24-15)17-6-10-19(28-3)11-7-17)29-14-20(26)23-13-16-4-8-18(27-2)9-5-16/h4-12H,13-14H2,1-3H3,(H,23,26). The second-order valence-corrected chi connectivity index (χ2v) is 7.31. The third-order valence-electron chi connectivity index (χ3n) is 4.18. The van der Waals surface area contributed by atoms with Crippen molar-refractivity contribution in [3.8, 4) is 22.9 Å². The fraction of sp³-hybridized carbons (Fsp3) is 0.227. The Morgan fingerprint density at radius 2 is 1.59 bits per heavy atom. The maximum atomic E-state index is 12.2. The number of nitrogens with zero attached hydrogens (tertiary/aromatic N) is 2. The van der Waals surface area contributed by atoms with Gasteiger partial charge in [-0.05, 0) is 55.0 Å². The number of rotatable bonds is 8. The van der Waals surface area contributed by atoms with Crippen LogP contribution in [0.2, 0.25) is 0 Å². The maximum absolute atomic E-state index is 12.2. The van der Waals surface area contributed by atoms with Crippen molar-refractivity contribution in [2.24, 2.45) is 0 Å². The average Bonchev–Trinajstić information content (AvgIpc) is 2.76. The summed E-state index contributed by atoms with van der Waals surface area (Å²) in [5, 5.41) is 3.69. The largest absolute Gasteiger partial charge is 0.497 e. The van der Waals surface area contributed by atoms with Gasteiger partial charge in [-0.15, -0.1) is 0 Å². The predicted molar refractivity (Wildman–Crippen MR) is 114 cm³/mol. The molecule has 0 atom stereocenters. The van der Waals surface area contributed by atoms with Crippen molar-refractivity contribution in [3.05, 3.63) is 65.9 Å². The maximum Gasteiger partial charge on any atom is 0.230 e. The van der Waals surface area contributed by atoms with Gasteiger partial charge in [-0.25, -0.2) is 9.97 Å². The number of ether oxygens (including phenoxy) is 2. The molecule has 0 saturated carbocycles. The number of nitrogens with one attached hydrogen (secondary N) is 1. The van der Waals surface area contributed by atoms with E-state index < -0.39 is 0 Å². The number of hydrogen-bond donors (Lipinski definition) is 1. The van der Waals surface area contributed by atoms with Crippen molar-refractivity contribution >= 4 is 17.7 Å². The molecule has 0 aliphatic rings. The molecule has 3 rings (SSSR count). The second kappa shape index (κ2) is 9.93. The molecule has 1 aromatic heterocycles. The number of aromatic nitrogens is 2. The number of benzene rings is 2. The molecule has 6 nitrogen and oxygen atoms in total. The third kappa shape index (κ3) is 5.96. The molecule has 150 valence electrons. The van der Waals surface area contributed by atoms with Gasteiger partial charge < -0.3 is 14.8 Å². The van der Waals surface area contributed by atoms with E-state index in [2.05, 4.69) is 15.3 Å². The summed E-state index contributed by atoms with van der Waals surface area (Å²) in [5.41, 5.74) is 2.77. The molecule has 3 aromatic rings. The van der Waals surface area contributed by atoms with Gasteiger partial charge in [0.25, 0.3) is 0 Å². The van der Waals surface area contributed by atoms with E-state index in [1.807, 2.05) is 61.5 Å². The fourth-order valence-corrected chi connectivity index (χ4v) is 3.40. The monoisotopic (exact) mass is 409 g/mol. The van der Waals surface area contributed by atoms with Crippen LogP contribution in [-0.4, -0.2) is 35.8 Å². The Morgan fingerprint density at radius 3 is 2.21 bits per heavy atom. The first-order valence-corrected chi connectivity index (χ1v) is 10.1. The summed E-state index contributed by atoms with van der Waals surface area (Å²) >= 11 is 1.39. The Kier molecular flexibility index (Phi) is 7.08. The van der Waals surface area contributed by atoms with E-state index in [0.29, 0.717) is 12.4 Å². The van der Waals surface area contributed by atoms with Crippen molar-refractivity contribution in [3.63, 3.8) is 0 Å². The van der Waals surface area contributed by atoms with Crippen LogP contribution in [0.5, 0.6) is 11.5 Å². The van der Waals surface area contributed by atoms with Gasteiger partial charge in [0.1, 0.15) is 16.5 Å². The molecule has 0 fully saturated rings. The molecule has 29 heavy (non-hydrogen) atoms. The first kappa shape index (κ1) is 20.7. The van der Waals surface area contributed by atoms with Gasteiger partial charge in [-0.3, -0.25) is 4.79 Å². The van der Waals surface area contributed by atoms with Crippen LogP contribution < -0.4 is 14.8 Å². The van der Waals surface area contributed by atoms with Gasteiger partial charge in [0.2, 0.25) is 5.91 Å². The predicted octanol–water partition coefficient (Wildman–Crippen LogP) is 3.88. The quantitative estimate of drug-likeness (QED) is 0.450. The minimum Gasteiger partial charge on any atom is -0.497 e. The summed E-state index contributed by atoms with van der Waals surface area (Å²) in [4.78, 5) is 21.3. The molecule has 0 aliphatic carbocycles. The van der Waals surface area contributed by atoms with Gasteiger partial charge in [0.05, 0.1) is 20.0 Å². The first-order chi connectivity index (χ1) is 14.1. The van der Waals surface area contributed by atoms with Crippen LogP contribution in [0.25, 0.3) is 11.4 Å². The zero-order chi connectivity index (χ0) is 20.6. The van der Waals surface area contributed by atoms with Crippen LogP contribution in [0.4, 0.5) is 0 Å². The molecule has 1 N–H and O–H groups in total. The number of hydrogen-bond acceptors (Lipinski definition) is 6. The van der Waals surface area contributed by atoms with Crippen molar-refractivity contribution in [2.75, 3.05) is 20.0 Å². The fourth-order valence-electron chi connectivity index (χ4n) is 2.62. The van der Waals surface area contributed by atoms with Gasteiger partial charge >= 0.3 is 0 Å². The van der Waals surface area contributed by atoms with Crippen molar-refractivity contribution < 1.29 is 14.3 Å². The molecule has 0 spiro atoms. The van der Waals surface area contributed by atoms with E-state index in [1.54, 1.807) is 14.2 Å². The molecule has 0 aliphatic heterocycles. The van der Waals surface area contributed by atoms with Crippen LogP contribution >= 0.6 is 11.8 Å². The Balaban J connectivity index is 1.57. The summed E-state index contributed by atoms with van der Waals surface area (Å²) in [6.07, 6.45) is 0. The Labute approximate surface area is 174 Å². The molecule has 0 radical (unpaired) electrons. The van der Waals surface area contributed by atoms with Crippen molar-refractivity contribution in [1.29, 1.82) is 0 Å². The summed E-state index contributed by atoms with van der Waals surface area (Å²) in [6, 6.07) is 17.1. The molecule has 0 unspecified atom stereocenters. The van der Waals surface area contributed by atoms with Gasteiger partial charge in [0, 0.05) is 17.8 Å².